The molecule has 5 nitrogen and oxygen atoms in total. The highest BCUT2D eigenvalue weighted by Crippen LogP contribution is 2.37. The van der Waals surface area contributed by atoms with Crippen LogP contribution in [0.3, 0.4) is 0 Å². The number of carboxylic acid groups (broad SMARTS) is 1. The Balaban J connectivity index is 1.68. The summed E-state index contributed by atoms with van der Waals surface area (Å²) in [5, 5.41) is 10.6. The summed E-state index contributed by atoms with van der Waals surface area (Å²) < 4.78 is 34.5. The number of halogens is 2. The summed E-state index contributed by atoms with van der Waals surface area (Å²) in [4.78, 5) is 16.7. The molecule has 0 fully saturated rings. The number of aromatic nitrogens is 2. The molecule has 0 radical (unpaired) electrons. The highest BCUT2D eigenvalue weighted by Gasteiger charge is 2.23. The molecule has 162 valence electrons. The van der Waals surface area contributed by atoms with Gasteiger partial charge in [-0.2, -0.15) is 0 Å². The maximum absolute atomic E-state index is 13.7. The van der Waals surface area contributed by atoms with Crippen molar-refractivity contribution in [3.63, 3.8) is 0 Å². The summed E-state index contributed by atoms with van der Waals surface area (Å²) in [5.74, 6) is -2.03. The highest BCUT2D eigenvalue weighted by molar-refractivity contribution is 6.07. The normalized spacial score (nSPS) is 13.1. The van der Waals surface area contributed by atoms with E-state index in [1.54, 1.807) is 13.1 Å². The second kappa shape index (κ2) is 7.75. The van der Waals surface area contributed by atoms with E-state index >= 15 is 0 Å². The van der Waals surface area contributed by atoms with E-state index in [0.29, 0.717) is 34.5 Å². The number of nitrogens with zero attached hydrogens (tertiary/aromatic N) is 2. The maximum Gasteiger partial charge on any atom is 0.338 e. The summed E-state index contributed by atoms with van der Waals surface area (Å²) in [7, 11) is 0. The predicted molar refractivity (Wildman–Crippen MR) is 116 cm³/mol. The third-order valence-electron chi connectivity index (χ3n) is 5.84. The van der Waals surface area contributed by atoms with E-state index in [-0.39, 0.29) is 12.1 Å². The number of ether oxygens (including phenoxy) is 1. The Bertz CT molecular complexity index is 1380. The SMILES string of the molecule is Cc1nc2c(ccn2Cc2ccc(F)c(F)c2)c(-c2ccc3c(c2)CCCO3)c1C(=O)O. The molecule has 0 amide bonds. The van der Waals surface area contributed by atoms with E-state index in [1.807, 2.05) is 28.8 Å². The van der Waals surface area contributed by atoms with Gasteiger partial charge in [0.05, 0.1) is 17.9 Å². The summed E-state index contributed by atoms with van der Waals surface area (Å²) in [6.45, 7) is 2.62. The van der Waals surface area contributed by atoms with E-state index in [9.17, 15) is 18.7 Å². The van der Waals surface area contributed by atoms with E-state index in [2.05, 4.69) is 4.98 Å². The fraction of sp³-hybridized carbons (Fsp3) is 0.200. The van der Waals surface area contributed by atoms with E-state index < -0.39 is 17.6 Å². The first-order valence-corrected chi connectivity index (χ1v) is 10.3. The molecule has 0 spiro atoms. The largest absolute Gasteiger partial charge is 0.493 e. The van der Waals surface area contributed by atoms with Crippen LogP contribution in [0.15, 0.2) is 48.7 Å². The summed E-state index contributed by atoms with van der Waals surface area (Å²) in [5.41, 5.74) is 4.13. The van der Waals surface area contributed by atoms with Gasteiger partial charge >= 0.3 is 5.97 Å². The molecule has 0 saturated carbocycles. The molecule has 0 unspecified atom stereocenters. The second-order valence-corrected chi connectivity index (χ2v) is 7.96. The second-order valence-electron chi connectivity index (χ2n) is 7.96. The average Bonchev–Trinajstić information content (AvgIpc) is 3.16. The van der Waals surface area contributed by atoms with Crippen molar-refractivity contribution in [2.75, 3.05) is 6.61 Å². The monoisotopic (exact) mass is 434 g/mol. The third kappa shape index (κ3) is 3.39. The summed E-state index contributed by atoms with van der Waals surface area (Å²) >= 11 is 0. The molecule has 0 atom stereocenters. The Morgan fingerprint density at radius 3 is 2.78 bits per heavy atom. The van der Waals surface area contributed by atoms with E-state index in [4.69, 9.17) is 4.74 Å². The molecule has 4 aromatic rings. The van der Waals surface area contributed by atoms with Crippen molar-refractivity contribution in [3.8, 4) is 16.9 Å². The Kier molecular flexibility index (Phi) is 4.89. The van der Waals surface area contributed by atoms with Gasteiger partial charge in [-0.1, -0.05) is 12.1 Å². The fourth-order valence-electron chi connectivity index (χ4n) is 4.35. The van der Waals surface area contributed by atoms with Gasteiger partial charge in [-0.15, -0.1) is 0 Å². The van der Waals surface area contributed by atoms with Crippen LogP contribution < -0.4 is 4.74 Å². The van der Waals surface area contributed by atoms with Crippen molar-refractivity contribution in [3.05, 3.63) is 82.7 Å². The molecular weight excluding hydrogens is 414 g/mol. The number of benzene rings is 2. The van der Waals surface area contributed by atoms with E-state index in [1.165, 1.54) is 6.07 Å². The number of aryl methyl sites for hydroxylation is 2. The van der Waals surface area contributed by atoms with Gasteiger partial charge in [-0.25, -0.2) is 18.6 Å². The average molecular weight is 434 g/mol. The number of fused-ring (bicyclic) bond motifs is 2. The number of carboxylic acids is 1. The van der Waals surface area contributed by atoms with Crippen molar-refractivity contribution in [2.45, 2.75) is 26.3 Å². The molecular formula is C25H20F2N2O3. The van der Waals surface area contributed by atoms with Crippen LogP contribution in [0.25, 0.3) is 22.2 Å². The van der Waals surface area contributed by atoms with Gasteiger partial charge in [-0.3, -0.25) is 0 Å². The quantitative estimate of drug-likeness (QED) is 0.470. The molecule has 5 rings (SSSR count). The standard InChI is InChI=1S/C25H20F2N2O3/c1-14-22(25(30)31)23(17-5-7-21-16(12-17)3-2-10-32-21)18-8-9-29(24(18)28-14)13-15-4-6-19(26)20(27)11-15/h4-9,11-12H,2-3,10,13H2,1H3,(H,30,31). The van der Waals surface area contributed by atoms with Crippen LogP contribution in [0.1, 0.15) is 33.6 Å². The molecule has 0 saturated heterocycles. The lowest BCUT2D eigenvalue weighted by Crippen LogP contribution is -2.10. The van der Waals surface area contributed by atoms with E-state index in [0.717, 1.165) is 41.9 Å². The van der Waals surface area contributed by atoms with Gasteiger partial charge in [0.15, 0.2) is 11.6 Å². The first-order valence-electron chi connectivity index (χ1n) is 10.3. The topological polar surface area (TPSA) is 64.4 Å². The van der Waals surface area contributed by atoms with Crippen molar-refractivity contribution in [1.29, 1.82) is 0 Å². The Hall–Kier alpha value is -3.74. The molecule has 32 heavy (non-hydrogen) atoms. The Labute approximate surface area is 182 Å². The Morgan fingerprint density at radius 2 is 2.00 bits per heavy atom. The van der Waals surface area contributed by atoms with Crippen LogP contribution in [-0.2, 0) is 13.0 Å². The van der Waals surface area contributed by atoms with Gasteiger partial charge in [0, 0.05) is 23.7 Å². The minimum absolute atomic E-state index is 0.153. The molecule has 1 aliphatic heterocycles. The van der Waals surface area contributed by atoms with Crippen molar-refractivity contribution < 1.29 is 23.4 Å². The lowest BCUT2D eigenvalue weighted by atomic mass is 9.93. The van der Waals surface area contributed by atoms with Crippen LogP contribution in [0.2, 0.25) is 0 Å². The number of hydrogen-bond acceptors (Lipinski definition) is 3. The number of carbonyl (C=O) groups is 1. The predicted octanol–water partition coefficient (Wildman–Crippen LogP) is 5.36. The molecule has 2 aromatic heterocycles. The first kappa shape index (κ1) is 20.2. The molecule has 3 heterocycles. The van der Waals surface area contributed by atoms with Crippen molar-refractivity contribution in [2.24, 2.45) is 0 Å². The maximum atomic E-state index is 13.7. The van der Waals surface area contributed by atoms with Gasteiger partial charge in [0.1, 0.15) is 11.4 Å². The van der Waals surface area contributed by atoms with Gasteiger partial charge in [0.25, 0.3) is 0 Å². The lowest BCUT2D eigenvalue weighted by molar-refractivity contribution is 0.0696. The fourth-order valence-corrected chi connectivity index (χ4v) is 4.35. The van der Waals surface area contributed by atoms with Gasteiger partial charge in [0.2, 0.25) is 0 Å². The third-order valence-corrected chi connectivity index (χ3v) is 5.84. The van der Waals surface area contributed by atoms with Crippen LogP contribution in [-0.4, -0.2) is 27.2 Å². The highest BCUT2D eigenvalue weighted by atomic mass is 19.2. The zero-order chi connectivity index (χ0) is 22.4. The van der Waals surface area contributed by atoms with Crippen molar-refractivity contribution >= 4 is 17.0 Å². The number of aromatic carboxylic acids is 1. The van der Waals surface area contributed by atoms with Gasteiger partial charge < -0.3 is 14.4 Å². The van der Waals surface area contributed by atoms with Gasteiger partial charge in [-0.05, 0) is 66.8 Å². The molecule has 7 heteroatoms. The smallest absolute Gasteiger partial charge is 0.338 e. The first-order chi connectivity index (χ1) is 15.4. The molecule has 1 aliphatic rings. The number of hydrogen-bond donors (Lipinski definition) is 1. The van der Waals surface area contributed by atoms with Crippen LogP contribution in [0, 0.1) is 18.6 Å². The Morgan fingerprint density at radius 1 is 1.16 bits per heavy atom. The zero-order valence-corrected chi connectivity index (χ0v) is 17.4. The summed E-state index contributed by atoms with van der Waals surface area (Å²) in [6, 6.07) is 11.3. The van der Waals surface area contributed by atoms with Crippen LogP contribution >= 0.6 is 0 Å². The van der Waals surface area contributed by atoms with Crippen LogP contribution in [0.4, 0.5) is 8.78 Å². The number of pyridine rings is 1. The molecule has 1 N–H and O–H groups in total. The minimum Gasteiger partial charge on any atom is -0.493 e. The molecule has 2 aromatic carbocycles. The number of rotatable bonds is 4. The molecule has 0 aliphatic carbocycles. The zero-order valence-electron chi connectivity index (χ0n) is 17.4. The lowest BCUT2D eigenvalue weighted by Gasteiger charge is -2.19. The summed E-state index contributed by atoms with van der Waals surface area (Å²) in [6.07, 6.45) is 3.57. The van der Waals surface area contributed by atoms with Crippen LogP contribution in [0.5, 0.6) is 5.75 Å². The molecule has 0 bridgehead atoms. The van der Waals surface area contributed by atoms with Crippen molar-refractivity contribution in [1.82, 2.24) is 9.55 Å². The minimum atomic E-state index is -1.05.